The van der Waals surface area contributed by atoms with Gasteiger partial charge in [0.2, 0.25) is 5.95 Å². The van der Waals surface area contributed by atoms with Gasteiger partial charge in [0.1, 0.15) is 24.8 Å². The van der Waals surface area contributed by atoms with E-state index in [1.54, 1.807) is 14.2 Å². The van der Waals surface area contributed by atoms with Gasteiger partial charge in [-0.2, -0.15) is 4.98 Å². The fraction of sp³-hybridized carbons (Fsp3) is 0.375. The third-order valence-corrected chi connectivity index (χ3v) is 4.85. The predicted molar refractivity (Wildman–Crippen MR) is 129 cm³/mol. The van der Waals surface area contributed by atoms with Gasteiger partial charge in [0.05, 0.1) is 39.0 Å². The van der Waals surface area contributed by atoms with Crippen molar-refractivity contribution in [3.05, 3.63) is 48.5 Å². The lowest BCUT2D eigenvalue weighted by atomic mass is 10.2. The number of aromatic nitrogens is 2. The maximum Gasteiger partial charge on any atom is 0.508 e. The van der Waals surface area contributed by atoms with Crippen LogP contribution >= 0.6 is 0 Å². The lowest BCUT2D eigenvalue weighted by Gasteiger charge is -2.21. The summed E-state index contributed by atoms with van der Waals surface area (Å²) in [7, 11) is 5.17. The molecule has 34 heavy (non-hydrogen) atoms. The van der Waals surface area contributed by atoms with Gasteiger partial charge >= 0.3 is 6.16 Å². The van der Waals surface area contributed by atoms with Crippen LogP contribution in [0.4, 0.5) is 22.2 Å². The first-order valence-electron chi connectivity index (χ1n) is 10.9. The summed E-state index contributed by atoms with van der Waals surface area (Å²) < 4.78 is 25.3. The lowest BCUT2D eigenvalue weighted by molar-refractivity contribution is 0.0168. The highest BCUT2D eigenvalue weighted by Crippen LogP contribution is 2.30. The number of para-hydroxylation sites is 1. The summed E-state index contributed by atoms with van der Waals surface area (Å²) in [6.07, 6.45) is -0.753. The summed E-state index contributed by atoms with van der Waals surface area (Å²) in [5.74, 6) is 1.95. The number of fused-ring (bicyclic) bond motifs is 1. The summed E-state index contributed by atoms with van der Waals surface area (Å²) in [6, 6.07) is 15.5. The van der Waals surface area contributed by atoms with Crippen molar-refractivity contribution >= 4 is 34.5 Å². The Morgan fingerprint density at radius 2 is 1.65 bits per heavy atom. The molecule has 182 valence electrons. The van der Waals surface area contributed by atoms with Gasteiger partial charge in [-0.3, -0.25) is 0 Å². The van der Waals surface area contributed by atoms with Crippen LogP contribution in [0.2, 0.25) is 0 Å². The molecule has 10 heteroatoms. The van der Waals surface area contributed by atoms with Crippen LogP contribution in [-0.4, -0.2) is 77.0 Å². The molecule has 1 aromatic heterocycles. The van der Waals surface area contributed by atoms with E-state index in [9.17, 15) is 4.79 Å². The van der Waals surface area contributed by atoms with Crippen LogP contribution in [0.15, 0.2) is 48.5 Å². The van der Waals surface area contributed by atoms with E-state index in [-0.39, 0.29) is 19.8 Å². The van der Waals surface area contributed by atoms with E-state index in [1.165, 1.54) is 0 Å². The first-order chi connectivity index (χ1) is 16.6. The molecule has 0 amide bonds. The minimum atomic E-state index is -0.753. The molecule has 0 aliphatic carbocycles. The Bertz CT molecular complexity index is 1050. The second-order valence-electron chi connectivity index (χ2n) is 7.12. The van der Waals surface area contributed by atoms with Crippen molar-refractivity contribution in [3.8, 4) is 5.75 Å². The highest BCUT2D eigenvalue weighted by Gasteiger charge is 2.13. The summed E-state index contributed by atoms with van der Waals surface area (Å²) in [5, 5.41) is 4.02. The van der Waals surface area contributed by atoms with E-state index >= 15 is 0 Å². The highest BCUT2D eigenvalue weighted by atomic mass is 16.7. The Kier molecular flexibility index (Phi) is 9.68. The van der Waals surface area contributed by atoms with Crippen molar-refractivity contribution in [2.45, 2.75) is 0 Å². The van der Waals surface area contributed by atoms with Crippen molar-refractivity contribution in [1.82, 2.24) is 9.97 Å². The third-order valence-electron chi connectivity index (χ3n) is 4.85. The highest BCUT2D eigenvalue weighted by molar-refractivity contribution is 5.92. The molecule has 0 aliphatic rings. The predicted octanol–water partition coefficient (Wildman–Crippen LogP) is 3.63. The van der Waals surface area contributed by atoms with Gasteiger partial charge in [-0.05, 0) is 36.4 Å². The van der Waals surface area contributed by atoms with E-state index in [2.05, 4.69) is 10.3 Å². The van der Waals surface area contributed by atoms with Crippen LogP contribution in [0, 0.1) is 0 Å². The number of carbonyl (C=O) groups excluding carboxylic acids is 1. The Balaban J connectivity index is 1.57. The smallest absolute Gasteiger partial charge is 0.497 e. The molecule has 2 aromatic carbocycles. The monoisotopic (exact) mass is 470 g/mol. The number of hydrogen-bond acceptors (Lipinski definition) is 10. The number of benzene rings is 2. The second-order valence-corrected chi connectivity index (χ2v) is 7.12. The van der Waals surface area contributed by atoms with Crippen molar-refractivity contribution in [2.24, 2.45) is 0 Å². The normalized spacial score (nSPS) is 10.7. The van der Waals surface area contributed by atoms with E-state index in [0.29, 0.717) is 25.7 Å². The molecule has 1 heterocycles. The molecular weight excluding hydrogens is 440 g/mol. The Morgan fingerprint density at radius 3 is 2.41 bits per heavy atom. The van der Waals surface area contributed by atoms with Crippen LogP contribution in [0.25, 0.3) is 10.9 Å². The van der Waals surface area contributed by atoms with E-state index in [0.717, 1.165) is 28.2 Å². The van der Waals surface area contributed by atoms with Gasteiger partial charge in [0, 0.05) is 25.2 Å². The van der Waals surface area contributed by atoms with Gasteiger partial charge in [0.25, 0.3) is 0 Å². The van der Waals surface area contributed by atoms with Gasteiger partial charge in [0.15, 0.2) is 0 Å². The largest absolute Gasteiger partial charge is 0.508 e. The fourth-order valence-electron chi connectivity index (χ4n) is 3.09. The van der Waals surface area contributed by atoms with Crippen molar-refractivity contribution in [1.29, 1.82) is 0 Å². The topological polar surface area (TPSA) is 104 Å². The molecule has 0 radical (unpaired) electrons. The number of nitrogens with zero attached hydrogens (tertiary/aromatic N) is 3. The fourth-order valence-corrected chi connectivity index (χ4v) is 3.09. The number of methoxy groups -OCH3 is 2. The van der Waals surface area contributed by atoms with Gasteiger partial charge in [-0.1, -0.05) is 12.1 Å². The first kappa shape index (κ1) is 25.0. The van der Waals surface area contributed by atoms with Crippen molar-refractivity contribution in [3.63, 3.8) is 0 Å². The molecule has 0 aliphatic heterocycles. The van der Waals surface area contributed by atoms with E-state index in [1.807, 2.05) is 60.5 Å². The number of anilines is 3. The minimum Gasteiger partial charge on any atom is -0.497 e. The first-order valence-corrected chi connectivity index (χ1v) is 10.9. The Labute approximate surface area is 198 Å². The quantitative estimate of drug-likeness (QED) is 0.294. The molecule has 0 fully saturated rings. The molecule has 3 rings (SSSR count). The molecule has 0 spiro atoms. The number of nitrogens with one attached hydrogen (secondary N) is 1. The van der Waals surface area contributed by atoms with Crippen LogP contribution in [0.5, 0.6) is 5.75 Å². The Morgan fingerprint density at radius 1 is 0.912 bits per heavy atom. The van der Waals surface area contributed by atoms with Crippen LogP contribution in [0.3, 0.4) is 0 Å². The summed E-state index contributed by atoms with van der Waals surface area (Å²) >= 11 is 0. The molecule has 0 saturated carbocycles. The number of ether oxygens (including phenoxy) is 5. The minimum absolute atomic E-state index is 0.100. The van der Waals surface area contributed by atoms with Gasteiger partial charge in [-0.15, -0.1) is 0 Å². The maximum atomic E-state index is 11.7. The van der Waals surface area contributed by atoms with Crippen molar-refractivity contribution < 1.29 is 28.5 Å². The van der Waals surface area contributed by atoms with E-state index < -0.39 is 6.16 Å². The van der Waals surface area contributed by atoms with Gasteiger partial charge in [-0.25, -0.2) is 9.78 Å². The standard InChI is InChI=1S/C24H30N4O6/c1-28(18-8-10-19(31-3)11-9-18)22-20-6-4-5-7-21(20)26-23(27-22)25-12-13-33-24(29)34-17-16-32-15-14-30-2/h4-11H,12-17H2,1-3H3,(H,25,26,27). The average Bonchev–Trinajstić information content (AvgIpc) is 2.87. The molecule has 3 aromatic rings. The molecule has 0 unspecified atom stereocenters. The lowest BCUT2D eigenvalue weighted by Crippen LogP contribution is -2.19. The maximum absolute atomic E-state index is 11.7. The van der Waals surface area contributed by atoms with Crippen LogP contribution in [-0.2, 0) is 18.9 Å². The van der Waals surface area contributed by atoms with Crippen LogP contribution in [0.1, 0.15) is 0 Å². The SMILES string of the molecule is COCCOCCOC(=O)OCCNc1nc(N(C)c2ccc(OC)cc2)c2ccccc2n1. The zero-order chi connectivity index (χ0) is 24.2. The molecule has 10 nitrogen and oxygen atoms in total. The molecular formula is C24H30N4O6. The average molecular weight is 471 g/mol. The summed E-state index contributed by atoms with van der Waals surface area (Å²) in [6.45, 7) is 1.76. The van der Waals surface area contributed by atoms with Crippen LogP contribution < -0.4 is 15.0 Å². The number of carbonyl (C=O) groups is 1. The molecule has 0 atom stereocenters. The second kappa shape index (κ2) is 13.2. The zero-order valence-electron chi connectivity index (χ0n) is 19.7. The van der Waals surface area contributed by atoms with E-state index in [4.69, 9.17) is 28.7 Å². The number of hydrogen-bond donors (Lipinski definition) is 1. The molecule has 1 N–H and O–H groups in total. The molecule has 0 saturated heterocycles. The van der Waals surface area contributed by atoms with Gasteiger partial charge < -0.3 is 33.9 Å². The Hall–Kier alpha value is -3.63. The number of rotatable bonds is 13. The molecule has 0 bridgehead atoms. The third kappa shape index (κ3) is 7.19. The van der Waals surface area contributed by atoms with Crippen molar-refractivity contribution in [2.75, 3.05) is 71.1 Å². The summed E-state index contributed by atoms with van der Waals surface area (Å²) in [5.41, 5.74) is 1.75. The zero-order valence-corrected chi connectivity index (χ0v) is 19.7. The summed E-state index contributed by atoms with van der Waals surface area (Å²) in [4.78, 5) is 22.9.